The summed E-state index contributed by atoms with van der Waals surface area (Å²) < 4.78 is 27.5. The Morgan fingerprint density at radius 3 is 2.46 bits per heavy atom. The van der Waals surface area contributed by atoms with Crippen molar-refractivity contribution in [3.8, 4) is 0 Å². The molecule has 3 aromatic rings. The summed E-state index contributed by atoms with van der Waals surface area (Å²) in [6, 6.07) is 12.7. The topological polar surface area (TPSA) is 147 Å². The first-order valence-corrected chi connectivity index (χ1v) is 13.3. The number of carbonyl (C=O) groups excluding carboxylic acids is 2. The predicted molar refractivity (Wildman–Crippen MR) is 142 cm³/mol. The van der Waals surface area contributed by atoms with Crippen molar-refractivity contribution in [1.29, 1.82) is 0 Å². The first kappa shape index (κ1) is 26.1. The molecule has 1 aliphatic rings. The predicted octanol–water partition coefficient (Wildman–Crippen LogP) is 3.74. The van der Waals surface area contributed by atoms with Gasteiger partial charge >= 0.3 is 0 Å². The van der Waals surface area contributed by atoms with Crippen molar-refractivity contribution in [2.45, 2.75) is 49.6 Å². The molecule has 194 valence electrons. The second-order valence-electron chi connectivity index (χ2n) is 9.86. The van der Waals surface area contributed by atoms with Gasteiger partial charge in [-0.15, -0.1) is 0 Å². The van der Waals surface area contributed by atoms with E-state index < -0.39 is 15.7 Å². The second kappa shape index (κ2) is 9.81. The number of primary amides is 1. The number of nitrogens with one attached hydrogen (secondary N) is 2. The molecule has 2 amide bonds. The Labute approximate surface area is 216 Å². The van der Waals surface area contributed by atoms with Crippen LogP contribution in [0, 0.1) is 5.92 Å². The van der Waals surface area contributed by atoms with Crippen molar-refractivity contribution >= 4 is 44.7 Å². The molecule has 4 rings (SSSR count). The van der Waals surface area contributed by atoms with Crippen molar-refractivity contribution < 1.29 is 18.0 Å². The number of hydrogen-bond acceptors (Lipinski definition) is 8. The summed E-state index contributed by atoms with van der Waals surface area (Å²) in [6.07, 6.45) is 2.24. The standard InChI is InChI=1S/C26H30N6O4S/c1-16-14-26(3,4)32(15-16)25-23(24(27)34)20(11-12-28-25)37(35,36)22-10-6-9-21(31-22)30-19-8-5-7-18(13-19)29-17(2)33/h5-13,16H,14-15H2,1-4H3,(H2,27,34)(H,29,33)(H,30,31). The van der Waals surface area contributed by atoms with E-state index in [2.05, 4.69) is 27.5 Å². The quantitative estimate of drug-likeness (QED) is 0.425. The lowest BCUT2D eigenvalue weighted by molar-refractivity contribution is -0.114. The number of sulfone groups is 1. The van der Waals surface area contributed by atoms with E-state index in [0.717, 1.165) is 6.42 Å². The number of hydrogen-bond donors (Lipinski definition) is 3. The van der Waals surface area contributed by atoms with Crippen LogP contribution in [0.2, 0.25) is 0 Å². The van der Waals surface area contributed by atoms with E-state index in [1.807, 2.05) is 18.7 Å². The Balaban J connectivity index is 1.73. The summed E-state index contributed by atoms with van der Waals surface area (Å²) in [5.41, 5.74) is 6.44. The fourth-order valence-corrected chi connectivity index (χ4v) is 6.23. The van der Waals surface area contributed by atoms with Gasteiger partial charge in [-0.2, -0.15) is 0 Å². The SMILES string of the molecule is CC(=O)Nc1cccc(Nc2cccc(S(=O)(=O)c3ccnc(N4CC(C)CC4(C)C)c3C(N)=O)n2)c1. The van der Waals surface area contributed by atoms with Crippen LogP contribution in [-0.2, 0) is 14.6 Å². The molecule has 1 saturated heterocycles. The fraction of sp³-hybridized carbons (Fsp3) is 0.308. The summed E-state index contributed by atoms with van der Waals surface area (Å²) in [5.74, 6) is -0.220. The Morgan fingerprint density at radius 2 is 1.81 bits per heavy atom. The molecule has 1 aliphatic heterocycles. The van der Waals surface area contributed by atoms with Gasteiger partial charge in [0, 0.05) is 36.6 Å². The molecule has 37 heavy (non-hydrogen) atoms. The lowest BCUT2D eigenvalue weighted by Gasteiger charge is -2.33. The number of amides is 2. The number of nitrogens with two attached hydrogens (primary N) is 1. The molecule has 0 saturated carbocycles. The first-order valence-electron chi connectivity index (χ1n) is 11.8. The maximum absolute atomic E-state index is 13.7. The van der Waals surface area contributed by atoms with Crippen LogP contribution in [0.25, 0.3) is 0 Å². The van der Waals surface area contributed by atoms with E-state index in [0.29, 0.717) is 23.8 Å². The molecule has 4 N–H and O–H groups in total. The van der Waals surface area contributed by atoms with Gasteiger partial charge in [-0.3, -0.25) is 9.59 Å². The van der Waals surface area contributed by atoms with E-state index in [-0.39, 0.29) is 38.6 Å². The van der Waals surface area contributed by atoms with Gasteiger partial charge in [0.05, 0.1) is 4.90 Å². The molecule has 1 fully saturated rings. The smallest absolute Gasteiger partial charge is 0.253 e. The number of aromatic nitrogens is 2. The van der Waals surface area contributed by atoms with Crippen molar-refractivity contribution in [2.24, 2.45) is 11.7 Å². The minimum Gasteiger partial charge on any atom is -0.365 e. The molecule has 0 aliphatic carbocycles. The summed E-state index contributed by atoms with van der Waals surface area (Å²) in [5, 5.41) is 5.50. The molecular formula is C26H30N6O4S. The Morgan fingerprint density at radius 1 is 1.11 bits per heavy atom. The lowest BCUT2D eigenvalue weighted by atomic mass is 9.97. The van der Waals surface area contributed by atoms with Gasteiger partial charge in [-0.25, -0.2) is 18.4 Å². The molecular weight excluding hydrogens is 492 g/mol. The van der Waals surface area contributed by atoms with Gasteiger partial charge in [0.25, 0.3) is 5.91 Å². The third-order valence-corrected chi connectivity index (χ3v) is 7.91. The van der Waals surface area contributed by atoms with Crippen molar-refractivity contribution in [3.63, 3.8) is 0 Å². The molecule has 3 heterocycles. The van der Waals surface area contributed by atoms with Crippen LogP contribution in [0.5, 0.6) is 0 Å². The first-order chi connectivity index (χ1) is 17.4. The highest BCUT2D eigenvalue weighted by atomic mass is 32.2. The van der Waals surface area contributed by atoms with E-state index in [9.17, 15) is 18.0 Å². The minimum atomic E-state index is -4.23. The molecule has 0 radical (unpaired) electrons. The number of nitrogens with zero attached hydrogens (tertiary/aromatic N) is 3. The number of benzene rings is 1. The Hall–Kier alpha value is -3.99. The van der Waals surface area contributed by atoms with Gasteiger partial charge in [0.2, 0.25) is 15.7 Å². The van der Waals surface area contributed by atoms with Gasteiger partial charge < -0.3 is 21.3 Å². The maximum atomic E-state index is 13.7. The number of pyridine rings is 2. The van der Waals surface area contributed by atoms with Crippen LogP contribution in [0.15, 0.2) is 64.6 Å². The van der Waals surface area contributed by atoms with E-state index in [1.165, 1.54) is 25.3 Å². The minimum absolute atomic E-state index is 0.146. The van der Waals surface area contributed by atoms with Gasteiger partial charge in [-0.1, -0.05) is 19.1 Å². The Kier molecular flexibility index (Phi) is 6.92. The summed E-state index contributed by atoms with van der Waals surface area (Å²) >= 11 is 0. The van der Waals surface area contributed by atoms with Crippen LogP contribution in [0.3, 0.4) is 0 Å². The van der Waals surface area contributed by atoms with Crippen LogP contribution < -0.4 is 21.3 Å². The number of carbonyl (C=O) groups is 2. The molecule has 1 aromatic carbocycles. The average molecular weight is 523 g/mol. The van der Waals surface area contributed by atoms with E-state index in [4.69, 9.17) is 5.73 Å². The molecule has 0 spiro atoms. The Bertz CT molecular complexity index is 1470. The van der Waals surface area contributed by atoms with Crippen molar-refractivity contribution in [3.05, 3.63) is 60.3 Å². The highest BCUT2D eigenvalue weighted by molar-refractivity contribution is 7.91. The van der Waals surface area contributed by atoms with E-state index >= 15 is 0 Å². The number of anilines is 4. The van der Waals surface area contributed by atoms with Crippen molar-refractivity contribution in [2.75, 3.05) is 22.1 Å². The third-order valence-electron chi connectivity index (χ3n) is 6.21. The zero-order chi connectivity index (χ0) is 27.0. The lowest BCUT2D eigenvalue weighted by Crippen LogP contribution is -2.40. The molecule has 2 aromatic heterocycles. The average Bonchev–Trinajstić information content (AvgIpc) is 3.10. The maximum Gasteiger partial charge on any atom is 0.253 e. The summed E-state index contributed by atoms with van der Waals surface area (Å²) in [6.45, 7) is 8.19. The van der Waals surface area contributed by atoms with Crippen LogP contribution in [0.1, 0.15) is 44.5 Å². The summed E-state index contributed by atoms with van der Waals surface area (Å²) in [4.78, 5) is 34.4. The summed E-state index contributed by atoms with van der Waals surface area (Å²) in [7, 11) is -4.23. The van der Waals surface area contributed by atoms with Crippen molar-refractivity contribution in [1.82, 2.24) is 9.97 Å². The second-order valence-corrected chi connectivity index (χ2v) is 11.7. The van der Waals surface area contributed by atoms with Gasteiger partial charge in [-0.05, 0) is 62.6 Å². The van der Waals surface area contributed by atoms with Gasteiger partial charge in [0.1, 0.15) is 17.2 Å². The molecule has 11 heteroatoms. The van der Waals surface area contributed by atoms with Crippen LogP contribution in [0.4, 0.5) is 23.0 Å². The van der Waals surface area contributed by atoms with Gasteiger partial charge in [0.15, 0.2) is 5.03 Å². The molecule has 0 bridgehead atoms. The monoisotopic (exact) mass is 522 g/mol. The zero-order valence-electron chi connectivity index (χ0n) is 21.1. The van der Waals surface area contributed by atoms with Crippen LogP contribution >= 0.6 is 0 Å². The zero-order valence-corrected chi connectivity index (χ0v) is 22.0. The normalized spacial score (nSPS) is 16.9. The largest absolute Gasteiger partial charge is 0.365 e. The van der Waals surface area contributed by atoms with Crippen LogP contribution in [-0.4, -0.2) is 42.3 Å². The highest BCUT2D eigenvalue weighted by Gasteiger charge is 2.40. The van der Waals surface area contributed by atoms with E-state index in [1.54, 1.807) is 36.4 Å². The third kappa shape index (κ3) is 5.41. The number of rotatable bonds is 7. The molecule has 1 atom stereocenters. The molecule has 1 unspecified atom stereocenters. The highest BCUT2D eigenvalue weighted by Crippen LogP contribution is 2.39. The fourth-order valence-electron chi connectivity index (χ4n) is 4.83. The molecule has 10 nitrogen and oxygen atoms in total.